The molecule has 0 spiro atoms. The Morgan fingerprint density at radius 3 is 1.77 bits per heavy atom. The summed E-state index contributed by atoms with van der Waals surface area (Å²) in [6.07, 6.45) is 0. The van der Waals surface area contributed by atoms with E-state index in [2.05, 4.69) is 180 Å². The molecule has 64 heavy (non-hydrogen) atoms. The first-order valence-corrected chi connectivity index (χ1v) is 21.7. The molecule has 5 heteroatoms. The number of hydrogen-bond acceptors (Lipinski definition) is 4. The van der Waals surface area contributed by atoms with E-state index in [4.69, 9.17) is 19.4 Å². The fraction of sp³-hybridized carbons (Fsp3) is 0. The molecule has 0 bridgehead atoms. The molecule has 0 aliphatic heterocycles. The van der Waals surface area contributed by atoms with E-state index in [0.717, 1.165) is 66.0 Å². The molecule has 0 saturated heterocycles. The van der Waals surface area contributed by atoms with Crippen LogP contribution < -0.4 is 0 Å². The zero-order valence-corrected chi connectivity index (χ0v) is 34.3. The maximum Gasteiger partial charge on any atom is 0.167 e. The number of benzene rings is 11. The van der Waals surface area contributed by atoms with Crippen molar-refractivity contribution in [2.75, 3.05) is 0 Å². The van der Waals surface area contributed by atoms with Crippen molar-refractivity contribution in [1.29, 1.82) is 0 Å². The molecule has 0 N–H and O–H groups in total. The number of furan rings is 1. The van der Waals surface area contributed by atoms with Crippen molar-refractivity contribution in [2.45, 2.75) is 0 Å². The van der Waals surface area contributed by atoms with E-state index >= 15 is 0 Å². The molecule has 0 atom stereocenters. The van der Waals surface area contributed by atoms with Crippen LogP contribution in [0.25, 0.3) is 137 Å². The predicted molar refractivity (Wildman–Crippen MR) is 265 cm³/mol. The fourth-order valence-electron chi connectivity index (χ4n) is 10.2. The van der Waals surface area contributed by atoms with Crippen molar-refractivity contribution >= 4 is 97.6 Å². The van der Waals surface area contributed by atoms with Gasteiger partial charge in [0.15, 0.2) is 17.5 Å². The summed E-state index contributed by atoms with van der Waals surface area (Å²) >= 11 is 0. The van der Waals surface area contributed by atoms with E-state index in [1.807, 2.05) is 30.3 Å². The molecular weight excluding hydrogens is 781 g/mol. The average molecular weight is 815 g/mol. The van der Waals surface area contributed by atoms with Crippen LogP contribution in [-0.4, -0.2) is 19.5 Å². The summed E-state index contributed by atoms with van der Waals surface area (Å²) in [6, 6.07) is 73.3. The molecule has 0 saturated carbocycles. The Morgan fingerprint density at radius 1 is 0.344 bits per heavy atom. The summed E-state index contributed by atoms with van der Waals surface area (Å²) in [7, 11) is 0. The minimum absolute atomic E-state index is 0.553. The van der Waals surface area contributed by atoms with Crippen molar-refractivity contribution in [3.8, 4) is 39.9 Å². The largest absolute Gasteiger partial charge is 0.455 e. The van der Waals surface area contributed by atoms with Crippen molar-refractivity contribution in [2.24, 2.45) is 0 Å². The maximum absolute atomic E-state index is 7.14. The summed E-state index contributed by atoms with van der Waals surface area (Å²) in [6.45, 7) is 0. The molecule has 0 fully saturated rings. The number of hydrogen-bond donors (Lipinski definition) is 0. The van der Waals surface area contributed by atoms with Crippen molar-refractivity contribution < 1.29 is 4.42 Å². The highest BCUT2D eigenvalue weighted by Gasteiger charge is 2.23. The highest BCUT2D eigenvalue weighted by molar-refractivity contribution is 6.25. The number of rotatable bonds is 4. The molecule has 11 aromatic carbocycles. The van der Waals surface area contributed by atoms with Crippen LogP contribution in [0.3, 0.4) is 0 Å². The Morgan fingerprint density at radius 2 is 0.938 bits per heavy atom. The van der Waals surface area contributed by atoms with Crippen LogP contribution in [0.2, 0.25) is 0 Å². The Balaban J connectivity index is 1.03. The van der Waals surface area contributed by atoms with E-state index in [1.165, 1.54) is 54.0 Å². The van der Waals surface area contributed by atoms with Crippen LogP contribution in [0.5, 0.6) is 0 Å². The first-order chi connectivity index (χ1) is 31.7. The molecule has 0 unspecified atom stereocenters. The summed E-state index contributed by atoms with van der Waals surface area (Å²) < 4.78 is 9.61. The minimum Gasteiger partial charge on any atom is -0.455 e. The van der Waals surface area contributed by atoms with E-state index in [9.17, 15) is 0 Å². The summed E-state index contributed by atoms with van der Waals surface area (Å²) in [5.41, 5.74) is 7.57. The van der Waals surface area contributed by atoms with Gasteiger partial charge in [0.05, 0.1) is 22.3 Å². The van der Waals surface area contributed by atoms with Gasteiger partial charge in [-0.1, -0.05) is 176 Å². The zero-order valence-electron chi connectivity index (χ0n) is 34.3. The van der Waals surface area contributed by atoms with Crippen LogP contribution >= 0.6 is 0 Å². The lowest BCUT2D eigenvalue weighted by Crippen LogP contribution is -2.00. The van der Waals surface area contributed by atoms with Crippen LogP contribution in [-0.2, 0) is 0 Å². The summed E-state index contributed by atoms with van der Waals surface area (Å²) in [5, 5.41) is 16.4. The summed E-state index contributed by atoms with van der Waals surface area (Å²) in [5.74, 6) is 1.76. The Hall–Kier alpha value is -8.67. The highest BCUT2D eigenvalue weighted by Crippen LogP contribution is 2.45. The normalized spacial score (nSPS) is 12.1. The number of nitrogens with zero attached hydrogens (tertiary/aromatic N) is 4. The molecule has 3 aromatic heterocycles. The first kappa shape index (κ1) is 35.0. The van der Waals surface area contributed by atoms with Crippen LogP contribution in [0.4, 0.5) is 0 Å². The third-order valence-electron chi connectivity index (χ3n) is 13.2. The SMILES string of the molecule is c1ccc(-c2nc(-c3ccc4c(ccc5ccccc54)c3)nc(-c3cccc4c3oc3cc(-n5c6cc7ccccc7cc6c6ccc7ccccc7c65)c5ccccc5c34)n2)cc1. The first-order valence-electron chi connectivity index (χ1n) is 21.7. The lowest BCUT2D eigenvalue weighted by molar-refractivity contribution is 0.669. The molecule has 14 aromatic rings. The monoisotopic (exact) mass is 814 g/mol. The second-order valence-electron chi connectivity index (χ2n) is 16.7. The number of aromatic nitrogens is 4. The Kier molecular flexibility index (Phi) is 7.33. The second-order valence-corrected chi connectivity index (χ2v) is 16.7. The topological polar surface area (TPSA) is 56.7 Å². The smallest absolute Gasteiger partial charge is 0.167 e. The van der Waals surface area contributed by atoms with Crippen LogP contribution in [0, 0.1) is 0 Å². The van der Waals surface area contributed by atoms with Gasteiger partial charge >= 0.3 is 0 Å². The van der Waals surface area contributed by atoms with Gasteiger partial charge in [-0.15, -0.1) is 0 Å². The van der Waals surface area contributed by atoms with Gasteiger partial charge in [-0.3, -0.25) is 0 Å². The Bertz CT molecular complexity index is 4260. The third-order valence-corrected chi connectivity index (χ3v) is 13.2. The molecule has 0 amide bonds. The van der Waals surface area contributed by atoms with Crippen LogP contribution in [0.1, 0.15) is 0 Å². The van der Waals surface area contributed by atoms with Gasteiger partial charge in [0.25, 0.3) is 0 Å². The highest BCUT2D eigenvalue weighted by atomic mass is 16.3. The molecule has 296 valence electrons. The lowest BCUT2D eigenvalue weighted by Gasteiger charge is -2.14. The van der Waals surface area contributed by atoms with E-state index in [1.54, 1.807) is 0 Å². The second kappa shape index (κ2) is 13.4. The van der Waals surface area contributed by atoms with Gasteiger partial charge in [-0.25, -0.2) is 15.0 Å². The maximum atomic E-state index is 7.14. The standard InChI is InChI=1S/C59H34N4O/c1-2-15-37(16-3-1)57-60-58(41-28-29-43-40(31-41)26-25-35-13-6-8-19-42(35)43)62-59(61-57)49-24-12-23-48-54-46-22-11-10-21-45(46)52(34-53(54)64-56(48)49)63-51-33-39-18-5-4-17-38(39)32-50(51)47-30-27-36-14-7-9-20-44(36)55(47)63/h1-34H. The van der Waals surface area contributed by atoms with Crippen molar-refractivity contribution in [3.05, 3.63) is 206 Å². The van der Waals surface area contributed by atoms with Crippen molar-refractivity contribution in [1.82, 2.24) is 19.5 Å². The van der Waals surface area contributed by atoms with E-state index < -0.39 is 0 Å². The zero-order chi connectivity index (χ0) is 41.9. The fourth-order valence-corrected chi connectivity index (χ4v) is 10.2. The number of para-hydroxylation sites is 1. The molecule has 0 aliphatic rings. The number of fused-ring (bicyclic) bond motifs is 14. The Labute approximate surface area is 366 Å². The third kappa shape index (κ3) is 5.15. The average Bonchev–Trinajstić information content (AvgIpc) is 3.91. The predicted octanol–water partition coefficient (Wildman–Crippen LogP) is 15.6. The van der Waals surface area contributed by atoms with Gasteiger partial charge in [-0.2, -0.15) is 0 Å². The van der Waals surface area contributed by atoms with Gasteiger partial charge < -0.3 is 8.98 Å². The van der Waals surface area contributed by atoms with Crippen LogP contribution in [0.15, 0.2) is 211 Å². The molecule has 14 rings (SSSR count). The minimum atomic E-state index is 0.553. The van der Waals surface area contributed by atoms with Crippen molar-refractivity contribution in [3.63, 3.8) is 0 Å². The molecular formula is C59H34N4O. The molecule has 5 nitrogen and oxygen atoms in total. The van der Waals surface area contributed by atoms with Gasteiger partial charge in [0.2, 0.25) is 0 Å². The molecule has 3 heterocycles. The van der Waals surface area contributed by atoms with Gasteiger partial charge in [0.1, 0.15) is 11.2 Å². The molecule has 0 aliphatic carbocycles. The van der Waals surface area contributed by atoms with Gasteiger partial charge in [0, 0.05) is 49.5 Å². The van der Waals surface area contributed by atoms with E-state index in [0.29, 0.717) is 17.5 Å². The van der Waals surface area contributed by atoms with E-state index in [-0.39, 0.29) is 0 Å². The lowest BCUT2D eigenvalue weighted by atomic mass is 10.00. The quantitative estimate of drug-likeness (QED) is 0.166. The summed E-state index contributed by atoms with van der Waals surface area (Å²) in [4.78, 5) is 15.5. The molecule has 0 radical (unpaired) electrons. The van der Waals surface area contributed by atoms with Gasteiger partial charge in [-0.05, 0) is 67.4 Å².